The normalized spacial score (nSPS) is 19.3. The molecule has 0 aliphatic carbocycles. The lowest BCUT2D eigenvalue weighted by Gasteiger charge is -2.32. The molecule has 5 nitrogen and oxygen atoms in total. The van der Waals surface area contributed by atoms with E-state index in [0.29, 0.717) is 25.5 Å². The highest BCUT2D eigenvalue weighted by atomic mass is 19.1. The summed E-state index contributed by atoms with van der Waals surface area (Å²) in [5, 5.41) is 2.66. The Hall–Kier alpha value is -1.69. The lowest BCUT2D eigenvalue weighted by molar-refractivity contribution is -0.0162. The van der Waals surface area contributed by atoms with E-state index < -0.39 is 5.82 Å². The van der Waals surface area contributed by atoms with Gasteiger partial charge in [0.2, 0.25) is 0 Å². The zero-order chi connectivity index (χ0) is 13.7. The molecule has 1 N–H and O–H groups in total. The number of anilines is 1. The van der Waals surface area contributed by atoms with Crippen LogP contribution in [-0.4, -0.2) is 41.7 Å². The first kappa shape index (κ1) is 13.7. The lowest BCUT2D eigenvalue weighted by atomic mass is 10.2. The van der Waals surface area contributed by atoms with Crippen molar-refractivity contribution in [3.8, 4) is 0 Å². The lowest BCUT2D eigenvalue weighted by Crippen LogP contribution is -2.47. The number of carbonyl (C=O) groups excluding carboxylic acids is 1. The Morgan fingerprint density at radius 2 is 2.47 bits per heavy atom. The number of ether oxygens (including phenoxy) is 1. The Morgan fingerprint density at radius 1 is 1.63 bits per heavy atom. The third-order valence-electron chi connectivity index (χ3n) is 3.00. The van der Waals surface area contributed by atoms with Gasteiger partial charge in [0.1, 0.15) is 11.6 Å². The minimum Gasteiger partial charge on any atom is -0.375 e. The number of carbonyl (C=O) groups is 1. The molecule has 1 unspecified atom stereocenters. The molecule has 104 valence electrons. The topological polar surface area (TPSA) is 54.5 Å². The number of aromatic nitrogens is 1. The van der Waals surface area contributed by atoms with Gasteiger partial charge in [-0.25, -0.2) is 14.2 Å². The monoisotopic (exact) mass is 267 g/mol. The van der Waals surface area contributed by atoms with Crippen LogP contribution in [0.25, 0.3) is 0 Å². The highest BCUT2D eigenvalue weighted by molar-refractivity contribution is 5.88. The molecule has 0 spiro atoms. The second-order valence-electron chi connectivity index (χ2n) is 4.52. The molecule has 19 heavy (non-hydrogen) atoms. The molecule has 2 heterocycles. The Morgan fingerprint density at radius 3 is 3.16 bits per heavy atom. The van der Waals surface area contributed by atoms with Crippen LogP contribution < -0.4 is 5.32 Å². The number of halogens is 1. The largest absolute Gasteiger partial charge is 0.375 e. The van der Waals surface area contributed by atoms with E-state index in [9.17, 15) is 9.18 Å². The minimum absolute atomic E-state index is 0.102. The van der Waals surface area contributed by atoms with Crippen molar-refractivity contribution in [1.82, 2.24) is 9.88 Å². The Balaban J connectivity index is 1.90. The van der Waals surface area contributed by atoms with Crippen molar-refractivity contribution in [2.75, 3.05) is 25.0 Å². The predicted molar refractivity (Wildman–Crippen MR) is 69.4 cm³/mol. The van der Waals surface area contributed by atoms with Crippen LogP contribution in [0.15, 0.2) is 18.3 Å². The quantitative estimate of drug-likeness (QED) is 0.914. The van der Waals surface area contributed by atoms with Gasteiger partial charge in [0.25, 0.3) is 0 Å². The molecule has 2 rings (SSSR count). The molecule has 0 saturated carbocycles. The third-order valence-corrected chi connectivity index (χ3v) is 3.00. The van der Waals surface area contributed by atoms with E-state index in [1.165, 1.54) is 12.1 Å². The average molecular weight is 267 g/mol. The van der Waals surface area contributed by atoms with Crippen molar-refractivity contribution in [1.29, 1.82) is 0 Å². The van der Waals surface area contributed by atoms with Crippen LogP contribution in [0, 0.1) is 5.82 Å². The van der Waals surface area contributed by atoms with Gasteiger partial charge in [0.15, 0.2) is 0 Å². The highest BCUT2D eigenvalue weighted by Gasteiger charge is 2.23. The molecule has 0 aromatic carbocycles. The molecule has 0 bridgehead atoms. The van der Waals surface area contributed by atoms with E-state index in [2.05, 4.69) is 17.2 Å². The number of rotatable bonds is 3. The maximum absolute atomic E-state index is 12.7. The Bertz CT molecular complexity index is 422. The molecule has 2 amide bonds. The first-order valence-electron chi connectivity index (χ1n) is 6.48. The summed E-state index contributed by atoms with van der Waals surface area (Å²) in [6.07, 6.45) is 3.15. The number of nitrogens with zero attached hydrogens (tertiary/aromatic N) is 2. The van der Waals surface area contributed by atoms with Crippen molar-refractivity contribution >= 4 is 11.8 Å². The van der Waals surface area contributed by atoms with E-state index in [1.807, 2.05) is 0 Å². The fraction of sp³-hybridized carbons (Fsp3) is 0.538. The van der Waals surface area contributed by atoms with E-state index in [1.54, 1.807) is 4.90 Å². The van der Waals surface area contributed by atoms with Crippen LogP contribution in [0.1, 0.15) is 19.8 Å². The number of morpholine rings is 1. The van der Waals surface area contributed by atoms with Crippen LogP contribution in [0.3, 0.4) is 0 Å². The Kier molecular flexibility index (Phi) is 4.68. The number of nitrogens with one attached hydrogen (secondary N) is 1. The second kappa shape index (κ2) is 6.47. The summed E-state index contributed by atoms with van der Waals surface area (Å²) >= 11 is 0. The molecule has 1 aromatic rings. The fourth-order valence-corrected chi connectivity index (χ4v) is 2.04. The van der Waals surface area contributed by atoms with Crippen molar-refractivity contribution in [3.63, 3.8) is 0 Å². The SMILES string of the molecule is CCCC1CN(C(=O)Nc2ccc(F)cn2)CCO1. The number of hydrogen-bond acceptors (Lipinski definition) is 3. The average Bonchev–Trinajstić information content (AvgIpc) is 2.42. The molecule has 1 saturated heterocycles. The van der Waals surface area contributed by atoms with Gasteiger partial charge < -0.3 is 9.64 Å². The summed E-state index contributed by atoms with van der Waals surface area (Å²) in [4.78, 5) is 17.5. The van der Waals surface area contributed by atoms with Gasteiger partial charge >= 0.3 is 6.03 Å². The van der Waals surface area contributed by atoms with Gasteiger partial charge in [-0.1, -0.05) is 13.3 Å². The van der Waals surface area contributed by atoms with Crippen molar-refractivity contribution in [2.45, 2.75) is 25.9 Å². The molecule has 1 aromatic heterocycles. The third kappa shape index (κ3) is 3.89. The smallest absolute Gasteiger partial charge is 0.323 e. The summed E-state index contributed by atoms with van der Waals surface area (Å²) in [6, 6.07) is 2.49. The fourth-order valence-electron chi connectivity index (χ4n) is 2.04. The molecule has 1 aliphatic heterocycles. The zero-order valence-corrected chi connectivity index (χ0v) is 10.9. The van der Waals surface area contributed by atoms with Gasteiger partial charge in [-0.3, -0.25) is 5.32 Å². The molecule has 1 atom stereocenters. The second-order valence-corrected chi connectivity index (χ2v) is 4.52. The van der Waals surface area contributed by atoms with Crippen LogP contribution in [0.4, 0.5) is 15.0 Å². The molecule has 0 radical (unpaired) electrons. The van der Waals surface area contributed by atoms with Crippen molar-refractivity contribution in [3.05, 3.63) is 24.1 Å². The summed E-state index contributed by atoms with van der Waals surface area (Å²) in [5.74, 6) is -0.0719. The molecular weight excluding hydrogens is 249 g/mol. The van der Waals surface area contributed by atoms with E-state index in [0.717, 1.165) is 19.0 Å². The number of amides is 2. The van der Waals surface area contributed by atoms with E-state index in [-0.39, 0.29) is 12.1 Å². The number of pyridine rings is 1. The first-order chi connectivity index (χ1) is 9.19. The number of urea groups is 1. The highest BCUT2D eigenvalue weighted by Crippen LogP contribution is 2.12. The molecule has 6 heteroatoms. The summed E-state index contributed by atoms with van der Waals surface area (Å²) < 4.78 is 18.3. The summed E-state index contributed by atoms with van der Waals surface area (Å²) in [5.41, 5.74) is 0. The maximum Gasteiger partial charge on any atom is 0.323 e. The van der Waals surface area contributed by atoms with Gasteiger partial charge in [0, 0.05) is 13.1 Å². The first-order valence-corrected chi connectivity index (χ1v) is 6.48. The van der Waals surface area contributed by atoms with Gasteiger partial charge in [0.05, 0.1) is 18.9 Å². The summed E-state index contributed by atoms with van der Waals surface area (Å²) in [7, 11) is 0. The van der Waals surface area contributed by atoms with Crippen molar-refractivity contribution in [2.24, 2.45) is 0 Å². The molecule has 1 fully saturated rings. The minimum atomic E-state index is -0.424. The Labute approximate surface area is 111 Å². The van der Waals surface area contributed by atoms with E-state index >= 15 is 0 Å². The standard InChI is InChI=1S/C13H18FN3O2/c1-2-3-11-9-17(6-7-19-11)13(18)16-12-5-4-10(14)8-15-12/h4-5,8,11H,2-3,6-7,9H2,1H3,(H,15,16,18). The van der Waals surface area contributed by atoms with Crippen molar-refractivity contribution < 1.29 is 13.9 Å². The van der Waals surface area contributed by atoms with Crippen LogP contribution in [0.2, 0.25) is 0 Å². The predicted octanol–water partition coefficient (Wildman–Crippen LogP) is 2.25. The van der Waals surface area contributed by atoms with Gasteiger partial charge in [-0.2, -0.15) is 0 Å². The van der Waals surface area contributed by atoms with Crippen LogP contribution >= 0.6 is 0 Å². The van der Waals surface area contributed by atoms with Crippen LogP contribution in [0.5, 0.6) is 0 Å². The van der Waals surface area contributed by atoms with Gasteiger partial charge in [-0.05, 0) is 18.6 Å². The molecular formula is C13H18FN3O2. The van der Waals surface area contributed by atoms with Gasteiger partial charge in [-0.15, -0.1) is 0 Å². The zero-order valence-electron chi connectivity index (χ0n) is 10.9. The molecule has 1 aliphatic rings. The number of hydrogen-bond donors (Lipinski definition) is 1. The summed E-state index contributed by atoms with van der Waals surface area (Å²) in [6.45, 7) is 3.79. The van der Waals surface area contributed by atoms with E-state index in [4.69, 9.17) is 4.74 Å². The maximum atomic E-state index is 12.7. The van der Waals surface area contributed by atoms with Crippen LogP contribution in [-0.2, 0) is 4.74 Å².